The van der Waals surface area contributed by atoms with Crippen molar-refractivity contribution in [3.05, 3.63) is 28.2 Å². The summed E-state index contributed by atoms with van der Waals surface area (Å²) in [6.07, 6.45) is 0. The Bertz CT molecular complexity index is 170. The molecule has 0 unspecified atom stereocenters. The molecule has 1 aromatic rings. The monoisotopic (exact) mass is 202 g/mol. The highest BCUT2D eigenvalue weighted by molar-refractivity contribution is 9.10. The van der Waals surface area contributed by atoms with Gasteiger partial charge in [0.05, 0.1) is 0 Å². The zero-order chi connectivity index (χ0) is 6.85. The smallest absolute Gasteiger partial charge is 0.0188 e. The summed E-state index contributed by atoms with van der Waals surface area (Å²) in [5.74, 6) is 0. The molecule has 0 nitrogen and oxygen atoms in total. The molecule has 0 aliphatic carbocycles. The maximum Gasteiger partial charge on any atom is 0.0188 e. The minimum Gasteiger partial charge on any atom is -0.143 e. The first kappa shape index (κ1) is 7.16. The maximum atomic E-state index is 4.19. The number of rotatable bonds is 0. The summed E-state index contributed by atoms with van der Waals surface area (Å²) in [7, 11) is 0. The zero-order valence-electron chi connectivity index (χ0n) is 5.06. The lowest BCUT2D eigenvalue weighted by Gasteiger charge is -1.94. The van der Waals surface area contributed by atoms with Crippen LogP contribution < -0.4 is 0 Å². The molecule has 1 rings (SSSR count). The van der Waals surface area contributed by atoms with Crippen LogP contribution in [0, 0.1) is 6.92 Å². The topological polar surface area (TPSA) is 0 Å². The molecule has 0 aromatic heterocycles. The second kappa shape index (κ2) is 2.76. The lowest BCUT2D eigenvalue weighted by Crippen LogP contribution is -1.71. The van der Waals surface area contributed by atoms with Crippen molar-refractivity contribution in [1.82, 2.24) is 0 Å². The Hall–Kier alpha value is 0.0500. The highest BCUT2D eigenvalue weighted by Crippen LogP contribution is 2.17. The third kappa shape index (κ3) is 2.03. The molecule has 0 radical (unpaired) electrons. The molecular weight excluding hydrogens is 196 g/mol. The summed E-state index contributed by atoms with van der Waals surface area (Å²) >= 11 is 7.56. The molecule has 1 aromatic carbocycles. The summed E-state index contributed by atoms with van der Waals surface area (Å²) in [4.78, 5) is 1.00. The van der Waals surface area contributed by atoms with Crippen molar-refractivity contribution in [2.24, 2.45) is 0 Å². The summed E-state index contributed by atoms with van der Waals surface area (Å²) in [6, 6.07) is 6.05. The molecule has 0 N–H and O–H groups in total. The van der Waals surface area contributed by atoms with Crippen LogP contribution in [0.1, 0.15) is 5.56 Å². The summed E-state index contributed by atoms with van der Waals surface area (Å²) in [5.41, 5.74) is 1.23. The normalized spacial score (nSPS) is 9.67. The van der Waals surface area contributed by atoms with Crippen molar-refractivity contribution < 1.29 is 0 Å². The number of halogens is 1. The zero-order valence-corrected chi connectivity index (χ0v) is 7.54. The minimum atomic E-state index is 1.00. The van der Waals surface area contributed by atoms with Gasteiger partial charge in [-0.25, -0.2) is 0 Å². The lowest BCUT2D eigenvalue weighted by atomic mass is 10.2. The number of thiol groups is 1. The van der Waals surface area contributed by atoms with Gasteiger partial charge in [-0.3, -0.25) is 0 Å². The highest BCUT2D eigenvalue weighted by Gasteiger charge is 1.89. The SMILES string of the molecule is Cc1cc(S)cc(Br)c1. The maximum absolute atomic E-state index is 4.19. The van der Waals surface area contributed by atoms with Crippen LogP contribution in [-0.2, 0) is 0 Å². The van der Waals surface area contributed by atoms with Gasteiger partial charge >= 0.3 is 0 Å². The van der Waals surface area contributed by atoms with Crippen molar-refractivity contribution in [2.45, 2.75) is 11.8 Å². The fraction of sp³-hybridized carbons (Fsp3) is 0.143. The molecule has 0 heterocycles. The van der Waals surface area contributed by atoms with Crippen LogP contribution in [0.2, 0.25) is 0 Å². The van der Waals surface area contributed by atoms with Crippen LogP contribution in [-0.4, -0.2) is 0 Å². The molecule has 9 heavy (non-hydrogen) atoms. The molecule has 0 fully saturated rings. The average molecular weight is 203 g/mol. The van der Waals surface area contributed by atoms with E-state index >= 15 is 0 Å². The molecule has 0 aliphatic rings. The Kier molecular flexibility index (Phi) is 2.19. The number of aryl methyl sites for hydroxylation is 1. The van der Waals surface area contributed by atoms with Gasteiger partial charge in [-0.1, -0.05) is 15.9 Å². The molecule has 0 aliphatic heterocycles. The molecule has 0 spiro atoms. The molecule has 0 atom stereocenters. The Balaban J connectivity index is 3.17. The predicted octanol–water partition coefficient (Wildman–Crippen LogP) is 3.05. The van der Waals surface area contributed by atoms with Gasteiger partial charge in [0.1, 0.15) is 0 Å². The lowest BCUT2D eigenvalue weighted by molar-refractivity contribution is 1.35. The molecule has 48 valence electrons. The second-order valence-electron chi connectivity index (χ2n) is 1.99. The third-order valence-corrected chi connectivity index (χ3v) is 1.74. The Morgan fingerprint density at radius 2 is 2.00 bits per heavy atom. The van der Waals surface area contributed by atoms with E-state index in [4.69, 9.17) is 0 Å². The van der Waals surface area contributed by atoms with Gasteiger partial charge in [-0.05, 0) is 30.7 Å². The van der Waals surface area contributed by atoms with E-state index in [9.17, 15) is 0 Å². The molecule has 0 saturated carbocycles. The van der Waals surface area contributed by atoms with E-state index < -0.39 is 0 Å². The standard InChI is InChI=1S/C7H7BrS/c1-5-2-6(8)4-7(9)3-5/h2-4,9H,1H3. The van der Waals surface area contributed by atoms with Gasteiger partial charge in [-0.2, -0.15) is 0 Å². The summed E-state index contributed by atoms with van der Waals surface area (Å²) in [5, 5.41) is 0. The van der Waals surface area contributed by atoms with Crippen molar-refractivity contribution in [2.75, 3.05) is 0 Å². The van der Waals surface area contributed by atoms with E-state index in [1.54, 1.807) is 0 Å². The van der Waals surface area contributed by atoms with Crippen LogP contribution in [0.3, 0.4) is 0 Å². The van der Waals surface area contributed by atoms with E-state index in [2.05, 4.69) is 34.6 Å². The Morgan fingerprint density at radius 3 is 2.44 bits per heavy atom. The van der Waals surface area contributed by atoms with Gasteiger partial charge in [-0.15, -0.1) is 12.6 Å². The number of benzene rings is 1. The molecule has 2 heteroatoms. The van der Waals surface area contributed by atoms with Crippen LogP contribution in [0.4, 0.5) is 0 Å². The van der Waals surface area contributed by atoms with E-state index in [0.717, 1.165) is 9.37 Å². The summed E-state index contributed by atoms with van der Waals surface area (Å²) in [6.45, 7) is 2.05. The van der Waals surface area contributed by atoms with Crippen LogP contribution >= 0.6 is 28.6 Å². The first-order chi connectivity index (χ1) is 4.18. The van der Waals surface area contributed by atoms with Gasteiger partial charge in [0.15, 0.2) is 0 Å². The van der Waals surface area contributed by atoms with Crippen LogP contribution in [0.25, 0.3) is 0 Å². The average Bonchev–Trinajstić information content (AvgIpc) is 1.59. The quantitative estimate of drug-likeness (QED) is 0.615. The molecule has 0 bridgehead atoms. The number of hydrogen-bond acceptors (Lipinski definition) is 1. The fourth-order valence-corrected chi connectivity index (χ4v) is 1.84. The van der Waals surface area contributed by atoms with E-state index in [0.29, 0.717) is 0 Å². The molecule has 0 saturated heterocycles. The fourth-order valence-electron chi connectivity index (χ4n) is 0.717. The van der Waals surface area contributed by atoms with Crippen LogP contribution in [0.15, 0.2) is 27.6 Å². The molecule has 0 amide bonds. The van der Waals surface area contributed by atoms with Gasteiger partial charge in [0.2, 0.25) is 0 Å². The largest absolute Gasteiger partial charge is 0.143 e. The molecular formula is C7H7BrS. The van der Waals surface area contributed by atoms with E-state index in [1.807, 2.05) is 19.1 Å². The van der Waals surface area contributed by atoms with Gasteiger partial charge in [0.25, 0.3) is 0 Å². The summed E-state index contributed by atoms with van der Waals surface area (Å²) < 4.78 is 1.09. The van der Waals surface area contributed by atoms with Gasteiger partial charge in [0, 0.05) is 9.37 Å². The van der Waals surface area contributed by atoms with Crippen molar-refractivity contribution in [3.63, 3.8) is 0 Å². The number of hydrogen-bond donors (Lipinski definition) is 1. The second-order valence-corrected chi connectivity index (χ2v) is 3.42. The first-order valence-electron chi connectivity index (χ1n) is 2.64. The van der Waals surface area contributed by atoms with E-state index in [1.165, 1.54) is 5.56 Å². The van der Waals surface area contributed by atoms with Gasteiger partial charge < -0.3 is 0 Å². The van der Waals surface area contributed by atoms with Crippen molar-refractivity contribution in [1.29, 1.82) is 0 Å². The van der Waals surface area contributed by atoms with Crippen LogP contribution in [0.5, 0.6) is 0 Å². The first-order valence-corrected chi connectivity index (χ1v) is 3.88. The highest BCUT2D eigenvalue weighted by atomic mass is 79.9. The van der Waals surface area contributed by atoms with E-state index in [-0.39, 0.29) is 0 Å². The third-order valence-electron chi connectivity index (χ3n) is 1.03. The van der Waals surface area contributed by atoms with Crippen molar-refractivity contribution >= 4 is 28.6 Å². The predicted molar refractivity (Wildman–Crippen MR) is 46.1 cm³/mol. The van der Waals surface area contributed by atoms with Crippen molar-refractivity contribution in [3.8, 4) is 0 Å². The minimum absolute atomic E-state index is 1.00. The Labute approximate surface area is 68.8 Å². The Morgan fingerprint density at radius 1 is 1.33 bits per heavy atom.